The molecule has 0 aliphatic heterocycles. The molecule has 1 aromatic carbocycles. The van der Waals surface area contributed by atoms with E-state index in [0.29, 0.717) is 22.9 Å². The molecule has 0 saturated heterocycles. The van der Waals surface area contributed by atoms with Gasteiger partial charge in [-0.2, -0.15) is 0 Å². The fraction of sp³-hybridized carbons (Fsp3) is 0.316. The molecule has 0 amide bonds. The number of hydrogen-bond acceptors (Lipinski definition) is 4. The molecule has 0 radical (unpaired) electrons. The Hall–Kier alpha value is -2.56. The first-order chi connectivity index (χ1) is 11.3. The Labute approximate surface area is 140 Å². The summed E-state index contributed by atoms with van der Waals surface area (Å²) in [6.07, 6.45) is 0. The molecule has 5 heteroatoms. The number of hydrogen-bond donors (Lipinski definition) is 0. The van der Waals surface area contributed by atoms with Crippen LogP contribution >= 0.6 is 0 Å². The maximum Gasteiger partial charge on any atom is 0.222 e. The largest absolute Gasteiger partial charge is 0.480 e. The summed E-state index contributed by atoms with van der Waals surface area (Å²) in [6.45, 7) is 7.99. The van der Waals surface area contributed by atoms with Gasteiger partial charge < -0.3 is 4.74 Å². The Morgan fingerprint density at radius 2 is 1.75 bits per heavy atom. The average Bonchev–Trinajstić information content (AvgIpc) is 2.52. The van der Waals surface area contributed by atoms with Crippen LogP contribution in [-0.2, 0) is 5.41 Å². The first-order valence-electron chi connectivity index (χ1n) is 7.79. The van der Waals surface area contributed by atoms with Crippen molar-refractivity contribution in [1.82, 2.24) is 15.0 Å². The molecular weight excluding hydrogens is 305 g/mol. The van der Waals surface area contributed by atoms with Gasteiger partial charge in [-0.05, 0) is 31.2 Å². The molecule has 124 valence electrons. The van der Waals surface area contributed by atoms with Gasteiger partial charge in [0.15, 0.2) is 0 Å². The Bertz CT molecular complexity index is 916. The van der Waals surface area contributed by atoms with Crippen molar-refractivity contribution in [3.63, 3.8) is 0 Å². The first-order valence-corrected chi connectivity index (χ1v) is 7.79. The van der Waals surface area contributed by atoms with Crippen LogP contribution in [0.25, 0.3) is 22.2 Å². The van der Waals surface area contributed by atoms with Crippen molar-refractivity contribution in [2.75, 3.05) is 7.11 Å². The van der Waals surface area contributed by atoms with Gasteiger partial charge in [0.05, 0.1) is 23.9 Å². The van der Waals surface area contributed by atoms with E-state index in [-0.39, 0.29) is 11.2 Å². The number of halogens is 1. The molecular formula is C19H20FN3O. The summed E-state index contributed by atoms with van der Waals surface area (Å²) < 4.78 is 19.1. The minimum Gasteiger partial charge on any atom is -0.480 e. The zero-order valence-corrected chi connectivity index (χ0v) is 14.5. The van der Waals surface area contributed by atoms with Gasteiger partial charge in [0.25, 0.3) is 0 Å². The van der Waals surface area contributed by atoms with Crippen LogP contribution in [-0.4, -0.2) is 22.1 Å². The maximum atomic E-state index is 13.7. The number of rotatable bonds is 2. The van der Waals surface area contributed by atoms with Gasteiger partial charge in [0.1, 0.15) is 11.6 Å². The lowest BCUT2D eigenvalue weighted by Gasteiger charge is -2.19. The highest BCUT2D eigenvalue weighted by atomic mass is 19.1. The second kappa shape index (κ2) is 5.82. The third kappa shape index (κ3) is 2.94. The predicted molar refractivity (Wildman–Crippen MR) is 92.7 cm³/mol. The minimum absolute atomic E-state index is 0.263. The summed E-state index contributed by atoms with van der Waals surface area (Å²) in [5, 5.41) is 0.772. The van der Waals surface area contributed by atoms with Crippen molar-refractivity contribution >= 4 is 10.9 Å². The highest BCUT2D eigenvalue weighted by Crippen LogP contribution is 2.34. The predicted octanol–water partition coefficient (Wildman–Crippen LogP) is 4.45. The van der Waals surface area contributed by atoms with Crippen molar-refractivity contribution in [3.05, 3.63) is 47.7 Å². The molecule has 0 N–H and O–H groups in total. The maximum absolute atomic E-state index is 13.7. The van der Waals surface area contributed by atoms with Crippen LogP contribution < -0.4 is 4.74 Å². The summed E-state index contributed by atoms with van der Waals surface area (Å²) in [6, 6.07) is 8.39. The van der Waals surface area contributed by atoms with Crippen molar-refractivity contribution in [1.29, 1.82) is 0 Å². The van der Waals surface area contributed by atoms with Crippen LogP contribution in [0.1, 0.15) is 32.3 Å². The van der Waals surface area contributed by atoms with E-state index in [2.05, 4.69) is 9.97 Å². The molecule has 3 rings (SSSR count). The van der Waals surface area contributed by atoms with E-state index < -0.39 is 0 Å². The SMILES string of the molecule is COc1nc(C)ccc1-c1nc(C(C)(C)C)nc2cc(F)ccc12. The first kappa shape index (κ1) is 16.3. The number of methoxy groups -OCH3 is 1. The lowest BCUT2D eigenvalue weighted by molar-refractivity contribution is 0.398. The van der Waals surface area contributed by atoms with Gasteiger partial charge in [-0.3, -0.25) is 0 Å². The second-order valence-electron chi connectivity index (χ2n) is 6.82. The molecule has 0 saturated carbocycles. The lowest BCUT2D eigenvalue weighted by Crippen LogP contribution is -2.16. The number of fused-ring (bicyclic) bond motifs is 1. The van der Waals surface area contributed by atoms with Gasteiger partial charge in [0, 0.05) is 22.6 Å². The van der Waals surface area contributed by atoms with E-state index in [9.17, 15) is 4.39 Å². The molecule has 4 nitrogen and oxygen atoms in total. The Kier molecular flexibility index (Phi) is 3.95. The molecule has 0 atom stereocenters. The van der Waals surface area contributed by atoms with E-state index in [1.165, 1.54) is 12.1 Å². The Morgan fingerprint density at radius 3 is 2.42 bits per heavy atom. The van der Waals surface area contributed by atoms with Crippen molar-refractivity contribution in [2.24, 2.45) is 0 Å². The summed E-state index contributed by atoms with van der Waals surface area (Å²) in [7, 11) is 1.58. The lowest BCUT2D eigenvalue weighted by atomic mass is 9.94. The molecule has 3 aromatic rings. The van der Waals surface area contributed by atoms with Crippen LogP contribution in [0.4, 0.5) is 4.39 Å². The third-order valence-electron chi connectivity index (χ3n) is 3.78. The molecule has 0 unspecified atom stereocenters. The minimum atomic E-state index is -0.319. The number of pyridine rings is 1. The Balaban J connectivity index is 2.38. The normalized spacial score (nSPS) is 11.8. The zero-order chi connectivity index (χ0) is 17.5. The highest BCUT2D eigenvalue weighted by molar-refractivity contribution is 5.93. The topological polar surface area (TPSA) is 47.9 Å². The molecule has 0 aliphatic carbocycles. The smallest absolute Gasteiger partial charge is 0.222 e. The van der Waals surface area contributed by atoms with E-state index in [0.717, 1.165) is 16.6 Å². The number of nitrogens with zero attached hydrogens (tertiary/aromatic N) is 3. The number of aromatic nitrogens is 3. The van der Waals surface area contributed by atoms with Crippen molar-refractivity contribution < 1.29 is 9.13 Å². The fourth-order valence-corrected chi connectivity index (χ4v) is 2.51. The van der Waals surface area contributed by atoms with E-state index >= 15 is 0 Å². The summed E-state index contributed by atoms with van der Waals surface area (Å²) in [5.41, 5.74) is 2.64. The molecule has 2 heterocycles. The zero-order valence-electron chi connectivity index (χ0n) is 14.5. The van der Waals surface area contributed by atoms with E-state index in [4.69, 9.17) is 9.72 Å². The second-order valence-corrected chi connectivity index (χ2v) is 6.82. The number of benzene rings is 1. The highest BCUT2D eigenvalue weighted by Gasteiger charge is 2.22. The van der Waals surface area contributed by atoms with Crippen LogP contribution in [0.3, 0.4) is 0 Å². The van der Waals surface area contributed by atoms with Gasteiger partial charge in [-0.15, -0.1) is 0 Å². The van der Waals surface area contributed by atoms with Gasteiger partial charge in [0.2, 0.25) is 5.88 Å². The standard InChI is InChI=1S/C19H20FN3O/c1-11-6-8-14(17(21-11)24-5)16-13-9-7-12(20)10-15(13)22-18(23-16)19(2,3)4/h6-10H,1-5H3. The van der Waals surface area contributed by atoms with Crippen LogP contribution in [0, 0.1) is 12.7 Å². The van der Waals surface area contributed by atoms with E-state index in [1.807, 2.05) is 39.8 Å². The van der Waals surface area contributed by atoms with Crippen LogP contribution in [0.15, 0.2) is 30.3 Å². The molecule has 24 heavy (non-hydrogen) atoms. The molecule has 0 bridgehead atoms. The van der Waals surface area contributed by atoms with Crippen molar-refractivity contribution in [3.8, 4) is 17.1 Å². The molecule has 0 aliphatic rings. The van der Waals surface area contributed by atoms with E-state index in [1.54, 1.807) is 13.2 Å². The molecule has 0 spiro atoms. The average molecular weight is 325 g/mol. The monoisotopic (exact) mass is 325 g/mol. The van der Waals surface area contributed by atoms with Gasteiger partial charge in [-0.25, -0.2) is 19.3 Å². The summed E-state index contributed by atoms with van der Waals surface area (Å²) in [4.78, 5) is 13.7. The fourth-order valence-electron chi connectivity index (χ4n) is 2.51. The number of aryl methyl sites for hydroxylation is 1. The van der Waals surface area contributed by atoms with Gasteiger partial charge >= 0.3 is 0 Å². The van der Waals surface area contributed by atoms with Crippen molar-refractivity contribution in [2.45, 2.75) is 33.1 Å². The Morgan fingerprint density at radius 1 is 1.00 bits per heavy atom. The summed E-state index contributed by atoms with van der Waals surface area (Å²) in [5.74, 6) is 0.832. The number of ether oxygens (including phenoxy) is 1. The molecule has 0 fully saturated rings. The van der Waals surface area contributed by atoms with Crippen LogP contribution in [0.5, 0.6) is 5.88 Å². The quantitative estimate of drug-likeness (QED) is 0.698. The summed E-state index contributed by atoms with van der Waals surface area (Å²) >= 11 is 0. The van der Waals surface area contributed by atoms with Crippen LogP contribution in [0.2, 0.25) is 0 Å². The molecule has 2 aromatic heterocycles. The third-order valence-corrected chi connectivity index (χ3v) is 3.78. The van der Waals surface area contributed by atoms with Gasteiger partial charge in [-0.1, -0.05) is 20.8 Å².